The lowest BCUT2D eigenvalue weighted by molar-refractivity contribution is 0.628. The summed E-state index contributed by atoms with van der Waals surface area (Å²) < 4.78 is 13.3. The van der Waals surface area contributed by atoms with Gasteiger partial charge in [0.2, 0.25) is 0 Å². The lowest BCUT2D eigenvalue weighted by Crippen LogP contribution is -1.87. The zero-order valence-corrected chi connectivity index (χ0v) is 15.3. The molecule has 0 saturated heterocycles. The highest BCUT2D eigenvalue weighted by Crippen LogP contribution is 2.40. The summed E-state index contributed by atoms with van der Waals surface area (Å²) in [5.74, 6) is -0.225. The minimum atomic E-state index is -0.225. The SMILES string of the molecule is Cc1csc(-c2sc(Cc3ccccc3)nc2-c2ccc(F)cc2)c1. The molecular weight excluding hydrogens is 349 g/mol. The summed E-state index contributed by atoms with van der Waals surface area (Å²) in [6.45, 7) is 2.10. The first kappa shape index (κ1) is 16.2. The van der Waals surface area contributed by atoms with Gasteiger partial charge < -0.3 is 0 Å². The van der Waals surface area contributed by atoms with Gasteiger partial charge in [0.05, 0.1) is 15.6 Å². The highest BCUT2D eigenvalue weighted by atomic mass is 32.1. The molecule has 1 nitrogen and oxygen atoms in total. The fourth-order valence-electron chi connectivity index (χ4n) is 2.73. The lowest BCUT2D eigenvalue weighted by Gasteiger charge is -2.00. The van der Waals surface area contributed by atoms with E-state index in [1.165, 1.54) is 28.1 Å². The minimum Gasteiger partial charge on any atom is -0.240 e. The van der Waals surface area contributed by atoms with Crippen LogP contribution in [-0.2, 0) is 6.42 Å². The van der Waals surface area contributed by atoms with Crippen molar-refractivity contribution < 1.29 is 4.39 Å². The predicted octanol–water partition coefficient (Wildman–Crippen LogP) is 6.58. The summed E-state index contributed by atoms with van der Waals surface area (Å²) in [7, 11) is 0. The Bertz CT molecular complexity index is 984. The first-order valence-corrected chi connectivity index (χ1v) is 9.74. The molecule has 0 aliphatic carbocycles. The van der Waals surface area contributed by atoms with E-state index >= 15 is 0 Å². The number of rotatable bonds is 4. The van der Waals surface area contributed by atoms with Gasteiger partial charge in [0.25, 0.3) is 0 Å². The molecule has 0 radical (unpaired) electrons. The molecule has 2 aromatic heterocycles. The molecule has 0 N–H and O–H groups in total. The minimum absolute atomic E-state index is 0.225. The van der Waals surface area contributed by atoms with Crippen molar-refractivity contribution >= 4 is 22.7 Å². The van der Waals surface area contributed by atoms with Crippen molar-refractivity contribution in [2.75, 3.05) is 0 Å². The van der Waals surface area contributed by atoms with Crippen molar-refractivity contribution in [1.29, 1.82) is 0 Å². The van der Waals surface area contributed by atoms with Gasteiger partial charge in [0, 0.05) is 16.9 Å². The Balaban J connectivity index is 1.79. The van der Waals surface area contributed by atoms with Gasteiger partial charge in [-0.05, 0) is 53.8 Å². The van der Waals surface area contributed by atoms with Crippen LogP contribution in [0.25, 0.3) is 21.0 Å². The third kappa shape index (κ3) is 3.55. The van der Waals surface area contributed by atoms with E-state index in [-0.39, 0.29) is 5.82 Å². The molecule has 0 atom stereocenters. The third-order valence-electron chi connectivity index (χ3n) is 3.94. The first-order chi connectivity index (χ1) is 12.2. The molecule has 0 aliphatic rings. The Labute approximate surface area is 154 Å². The molecule has 4 rings (SSSR count). The Hall–Kier alpha value is -2.30. The molecule has 0 unspecified atom stereocenters. The zero-order valence-electron chi connectivity index (χ0n) is 13.7. The van der Waals surface area contributed by atoms with Gasteiger partial charge in [0.1, 0.15) is 5.82 Å². The number of aromatic nitrogens is 1. The van der Waals surface area contributed by atoms with E-state index < -0.39 is 0 Å². The molecule has 0 spiro atoms. The Morgan fingerprint density at radius 3 is 2.44 bits per heavy atom. The van der Waals surface area contributed by atoms with Crippen LogP contribution in [0.15, 0.2) is 66.0 Å². The number of hydrogen-bond acceptors (Lipinski definition) is 3. The van der Waals surface area contributed by atoms with Gasteiger partial charge in [-0.2, -0.15) is 0 Å². The zero-order chi connectivity index (χ0) is 17.2. The highest BCUT2D eigenvalue weighted by Gasteiger charge is 2.16. The number of benzene rings is 2. The maximum Gasteiger partial charge on any atom is 0.123 e. The van der Waals surface area contributed by atoms with Crippen molar-refractivity contribution in [3.05, 3.63) is 88.0 Å². The van der Waals surface area contributed by atoms with Gasteiger partial charge in [0.15, 0.2) is 0 Å². The van der Waals surface area contributed by atoms with Gasteiger partial charge in [-0.3, -0.25) is 0 Å². The van der Waals surface area contributed by atoms with E-state index in [2.05, 4.69) is 30.5 Å². The highest BCUT2D eigenvalue weighted by molar-refractivity contribution is 7.21. The van der Waals surface area contributed by atoms with Crippen LogP contribution in [0, 0.1) is 12.7 Å². The van der Waals surface area contributed by atoms with Gasteiger partial charge in [-0.25, -0.2) is 9.37 Å². The normalized spacial score (nSPS) is 11.0. The van der Waals surface area contributed by atoms with Crippen LogP contribution < -0.4 is 0 Å². The van der Waals surface area contributed by atoms with Crippen molar-refractivity contribution in [1.82, 2.24) is 4.98 Å². The fourth-order valence-corrected chi connectivity index (χ4v) is 4.87. The average Bonchev–Trinajstić information content (AvgIpc) is 3.23. The van der Waals surface area contributed by atoms with E-state index in [1.807, 2.05) is 18.2 Å². The monoisotopic (exact) mass is 365 g/mol. The van der Waals surface area contributed by atoms with Crippen molar-refractivity contribution in [3.63, 3.8) is 0 Å². The van der Waals surface area contributed by atoms with Crippen molar-refractivity contribution in [2.45, 2.75) is 13.3 Å². The molecule has 0 fully saturated rings. The van der Waals surface area contributed by atoms with E-state index in [4.69, 9.17) is 4.98 Å². The maximum atomic E-state index is 13.3. The van der Waals surface area contributed by atoms with Gasteiger partial charge >= 0.3 is 0 Å². The standard InChI is InChI=1S/C21H16FNS2/c1-14-11-18(24-13-14)21-20(16-7-9-17(22)10-8-16)23-19(25-21)12-15-5-3-2-4-6-15/h2-11,13H,12H2,1H3. The van der Waals surface area contributed by atoms with Crippen LogP contribution in [0.1, 0.15) is 16.1 Å². The Morgan fingerprint density at radius 1 is 1.00 bits per heavy atom. The van der Waals surface area contributed by atoms with Crippen molar-refractivity contribution in [3.8, 4) is 21.0 Å². The molecule has 0 bridgehead atoms. The van der Waals surface area contributed by atoms with Crippen molar-refractivity contribution in [2.24, 2.45) is 0 Å². The molecule has 2 aromatic carbocycles. The average molecular weight is 365 g/mol. The quantitative estimate of drug-likeness (QED) is 0.398. The van der Waals surface area contributed by atoms with E-state index in [1.54, 1.807) is 34.8 Å². The maximum absolute atomic E-state index is 13.3. The molecule has 4 aromatic rings. The van der Waals surface area contributed by atoms with E-state index in [0.29, 0.717) is 0 Å². The van der Waals surface area contributed by atoms with E-state index in [9.17, 15) is 4.39 Å². The second kappa shape index (κ2) is 6.90. The number of nitrogens with zero attached hydrogens (tertiary/aromatic N) is 1. The second-order valence-corrected chi connectivity index (χ2v) is 7.94. The lowest BCUT2D eigenvalue weighted by atomic mass is 10.1. The van der Waals surface area contributed by atoms with Crippen LogP contribution in [0.4, 0.5) is 4.39 Å². The number of thiophene rings is 1. The predicted molar refractivity (Wildman–Crippen MR) is 105 cm³/mol. The number of aryl methyl sites for hydroxylation is 1. The summed E-state index contributed by atoms with van der Waals surface area (Å²) in [6.07, 6.45) is 0.810. The summed E-state index contributed by atoms with van der Waals surface area (Å²) in [4.78, 5) is 7.27. The van der Waals surface area contributed by atoms with Crippen LogP contribution in [0.5, 0.6) is 0 Å². The van der Waals surface area contributed by atoms with Crippen LogP contribution >= 0.6 is 22.7 Å². The first-order valence-electron chi connectivity index (χ1n) is 8.04. The largest absolute Gasteiger partial charge is 0.240 e. The summed E-state index contributed by atoms with van der Waals surface area (Å²) in [5, 5.41) is 3.23. The number of hydrogen-bond donors (Lipinski definition) is 0. The summed E-state index contributed by atoms with van der Waals surface area (Å²) in [6, 6.07) is 19.2. The van der Waals surface area contributed by atoms with Crippen LogP contribution in [0.2, 0.25) is 0 Å². The smallest absolute Gasteiger partial charge is 0.123 e. The van der Waals surface area contributed by atoms with Gasteiger partial charge in [-0.1, -0.05) is 30.3 Å². The number of halogens is 1. The Kier molecular flexibility index (Phi) is 4.47. The topological polar surface area (TPSA) is 12.9 Å². The molecule has 25 heavy (non-hydrogen) atoms. The number of thiazole rings is 1. The molecular formula is C21H16FNS2. The fraction of sp³-hybridized carbons (Fsp3) is 0.0952. The van der Waals surface area contributed by atoms with Gasteiger partial charge in [-0.15, -0.1) is 22.7 Å². The third-order valence-corrected chi connectivity index (χ3v) is 6.23. The molecule has 0 amide bonds. The summed E-state index contributed by atoms with van der Waals surface area (Å²) >= 11 is 3.46. The van der Waals surface area contributed by atoms with Crippen LogP contribution in [-0.4, -0.2) is 4.98 Å². The molecule has 0 aliphatic heterocycles. The summed E-state index contributed by atoms with van der Waals surface area (Å²) in [5.41, 5.74) is 4.40. The van der Waals surface area contributed by atoms with Crippen LogP contribution in [0.3, 0.4) is 0 Å². The molecule has 2 heterocycles. The molecule has 124 valence electrons. The Morgan fingerprint density at radius 2 is 1.76 bits per heavy atom. The molecule has 4 heteroatoms. The van der Waals surface area contributed by atoms with E-state index in [0.717, 1.165) is 27.6 Å². The molecule has 0 saturated carbocycles. The second-order valence-electron chi connectivity index (χ2n) is 5.94.